The first-order valence-electron chi connectivity index (χ1n) is 5.61. The average molecular weight is 236 g/mol. The van der Waals surface area contributed by atoms with Gasteiger partial charge in [0.2, 0.25) is 0 Å². The van der Waals surface area contributed by atoms with Crippen LogP contribution in [-0.4, -0.2) is 44.7 Å². The summed E-state index contributed by atoms with van der Waals surface area (Å²) in [6.07, 6.45) is 0. The first kappa shape index (κ1) is 13.5. The Kier molecular flexibility index (Phi) is 4.97. The molecule has 0 saturated heterocycles. The normalized spacial score (nSPS) is 12.0. The molecule has 0 saturated carbocycles. The number of carbonyl (C=O) groups is 1. The number of nitrogens with one attached hydrogen (secondary N) is 1. The first-order valence-corrected chi connectivity index (χ1v) is 5.61. The highest BCUT2D eigenvalue weighted by Gasteiger charge is 2.07. The second-order valence-corrected chi connectivity index (χ2v) is 4.28. The molecular weight excluding hydrogens is 216 g/mol. The van der Waals surface area contributed by atoms with Crippen LogP contribution < -0.4 is 5.32 Å². The van der Waals surface area contributed by atoms with Gasteiger partial charge in [-0.25, -0.2) is 0 Å². The molecule has 0 heterocycles. The summed E-state index contributed by atoms with van der Waals surface area (Å²) in [6, 6.07) is 7.70. The van der Waals surface area contributed by atoms with E-state index in [0.29, 0.717) is 12.2 Å². The molecular formula is C13H20N2O2. The zero-order valence-electron chi connectivity index (χ0n) is 10.9. The minimum absolute atomic E-state index is 0.0153. The number of amides is 1. The SMILES string of the molecule is COCC(C)Nc1ccc(C(=O)N(C)C)cc1. The Balaban J connectivity index is 2.65. The van der Waals surface area contributed by atoms with E-state index in [1.165, 1.54) is 0 Å². The monoisotopic (exact) mass is 236 g/mol. The molecule has 17 heavy (non-hydrogen) atoms. The maximum atomic E-state index is 11.7. The first-order chi connectivity index (χ1) is 8.04. The van der Waals surface area contributed by atoms with Gasteiger partial charge in [-0.1, -0.05) is 0 Å². The maximum Gasteiger partial charge on any atom is 0.253 e. The topological polar surface area (TPSA) is 41.6 Å². The van der Waals surface area contributed by atoms with Gasteiger partial charge in [0.05, 0.1) is 6.61 Å². The molecule has 1 unspecified atom stereocenters. The van der Waals surface area contributed by atoms with Crippen molar-refractivity contribution in [2.45, 2.75) is 13.0 Å². The van der Waals surface area contributed by atoms with Crippen LogP contribution in [0, 0.1) is 0 Å². The van der Waals surface area contributed by atoms with Crippen molar-refractivity contribution in [3.05, 3.63) is 29.8 Å². The molecule has 0 bridgehead atoms. The molecule has 1 rings (SSSR count). The zero-order chi connectivity index (χ0) is 12.8. The van der Waals surface area contributed by atoms with Crippen molar-refractivity contribution >= 4 is 11.6 Å². The quantitative estimate of drug-likeness (QED) is 0.848. The van der Waals surface area contributed by atoms with E-state index < -0.39 is 0 Å². The number of rotatable bonds is 5. The highest BCUT2D eigenvalue weighted by Crippen LogP contribution is 2.11. The Morgan fingerprint density at radius 3 is 2.41 bits per heavy atom. The van der Waals surface area contributed by atoms with Crippen molar-refractivity contribution in [1.82, 2.24) is 4.90 Å². The van der Waals surface area contributed by atoms with Crippen LogP contribution in [0.5, 0.6) is 0 Å². The van der Waals surface area contributed by atoms with E-state index in [1.54, 1.807) is 26.1 Å². The summed E-state index contributed by atoms with van der Waals surface area (Å²) >= 11 is 0. The number of nitrogens with zero attached hydrogens (tertiary/aromatic N) is 1. The van der Waals surface area contributed by atoms with E-state index >= 15 is 0 Å². The lowest BCUT2D eigenvalue weighted by atomic mass is 10.2. The summed E-state index contributed by atoms with van der Waals surface area (Å²) in [5, 5.41) is 3.29. The van der Waals surface area contributed by atoms with Gasteiger partial charge in [0.25, 0.3) is 5.91 Å². The average Bonchev–Trinajstić information content (AvgIpc) is 2.29. The van der Waals surface area contributed by atoms with E-state index in [4.69, 9.17) is 4.74 Å². The molecule has 4 heteroatoms. The van der Waals surface area contributed by atoms with Gasteiger partial charge in [-0.2, -0.15) is 0 Å². The third-order valence-electron chi connectivity index (χ3n) is 2.37. The Bertz CT molecular complexity index is 360. The van der Waals surface area contributed by atoms with Crippen LogP contribution in [0.2, 0.25) is 0 Å². The second kappa shape index (κ2) is 6.25. The van der Waals surface area contributed by atoms with Crippen LogP contribution in [-0.2, 0) is 4.74 Å². The van der Waals surface area contributed by atoms with Crippen molar-refractivity contribution in [1.29, 1.82) is 0 Å². The van der Waals surface area contributed by atoms with Gasteiger partial charge < -0.3 is 15.0 Å². The van der Waals surface area contributed by atoms with Crippen LogP contribution in [0.3, 0.4) is 0 Å². The number of benzene rings is 1. The highest BCUT2D eigenvalue weighted by atomic mass is 16.5. The van der Waals surface area contributed by atoms with Crippen molar-refractivity contribution < 1.29 is 9.53 Å². The molecule has 0 aromatic heterocycles. The number of ether oxygens (including phenoxy) is 1. The summed E-state index contributed by atoms with van der Waals surface area (Å²) in [7, 11) is 5.17. The van der Waals surface area contributed by atoms with Gasteiger partial charge in [0.1, 0.15) is 0 Å². The molecule has 1 aromatic rings. The number of methoxy groups -OCH3 is 1. The van der Waals surface area contributed by atoms with E-state index in [9.17, 15) is 4.79 Å². The van der Waals surface area contributed by atoms with Crippen molar-refractivity contribution in [3.63, 3.8) is 0 Å². The Labute approximate surface area is 103 Å². The predicted molar refractivity (Wildman–Crippen MR) is 69.4 cm³/mol. The second-order valence-electron chi connectivity index (χ2n) is 4.28. The van der Waals surface area contributed by atoms with Crippen LogP contribution in [0.4, 0.5) is 5.69 Å². The van der Waals surface area contributed by atoms with Gasteiger partial charge in [-0.3, -0.25) is 4.79 Å². The third-order valence-corrected chi connectivity index (χ3v) is 2.37. The molecule has 94 valence electrons. The summed E-state index contributed by atoms with van der Waals surface area (Å²) in [5.74, 6) is 0.0153. The van der Waals surface area contributed by atoms with E-state index in [2.05, 4.69) is 5.32 Å². The summed E-state index contributed by atoms with van der Waals surface area (Å²) in [4.78, 5) is 13.2. The van der Waals surface area contributed by atoms with E-state index in [0.717, 1.165) is 5.69 Å². The highest BCUT2D eigenvalue weighted by molar-refractivity contribution is 5.94. The maximum absolute atomic E-state index is 11.7. The Hall–Kier alpha value is -1.55. The van der Waals surface area contributed by atoms with Crippen LogP contribution in [0.15, 0.2) is 24.3 Å². The molecule has 1 amide bonds. The number of hydrogen-bond donors (Lipinski definition) is 1. The molecule has 0 fully saturated rings. The number of anilines is 1. The summed E-state index contributed by atoms with van der Waals surface area (Å²) < 4.78 is 5.05. The van der Waals surface area contributed by atoms with Crippen LogP contribution in [0.1, 0.15) is 17.3 Å². The van der Waals surface area contributed by atoms with Crippen molar-refractivity contribution in [2.24, 2.45) is 0 Å². The van der Waals surface area contributed by atoms with Crippen molar-refractivity contribution in [2.75, 3.05) is 33.1 Å². The fraction of sp³-hybridized carbons (Fsp3) is 0.462. The third kappa shape index (κ3) is 4.07. The molecule has 1 atom stereocenters. The molecule has 1 aromatic carbocycles. The van der Waals surface area contributed by atoms with E-state index in [1.807, 2.05) is 31.2 Å². The lowest BCUT2D eigenvalue weighted by molar-refractivity contribution is 0.0827. The minimum Gasteiger partial charge on any atom is -0.383 e. The molecule has 1 N–H and O–H groups in total. The minimum atomic E-state index is 0.0153. The summed E-state index contributed by atoms with van der Waals surface area (Å²) in [6.45, 7) is 2.70. The summed E-state index contributed by atoms with van der Waals surface area (Å²) in [5.41, 5.74) is 1.69. The van der Waals surface area contributed by atoms with Crippen LogP contribution in [0.25, 0.3) is 0 Å². The van der Waals surface area contributed by atoms with Crippen LogP contribution >= 0.6 is 0 Å². The molecule has 4 nitrogen and oxygen atoms in total. The fourth-order valence-corrected chi connectivity index (χ4v) is 1.54. The molecule has 0 aliphatic carbocycles. The Morgan fingerprint density at radius 1 is 1.35 bits per heavy atom. The molecule has 0 aliphatic heterocycles. The zero-order valence-corrected chi connectivity index (χ0v) is 10.9. The van der Waals surface area contributed by atoms with Gasteiger partial charge in [-0.05, 0) is 31.2 Å². The standard InChI is InChI=1S/C13H20N2O2/c1-10(9-17-4)14-12-7-5-11(6-8-12)13(16)15(2)3/h5-8,10,14H,9H2,1-4H3. The lowest BCUT2D eigenvalue weighted by Gasteiger charge is -2.15. The van der Waals surface area contributed by atoms with Gasteiger partial charge in [-0.15, -0.1) is 0 Å². The predicted octanol–water partition coefficient (Wildman–Crippen LogP) is 1.84. The fourth-order valence-electron chi connectivity index (χ4n) is 1.54. The molecule has 0 spiro atoms. The smallest absolute Gasteiger partial charge is 0.253 e. The number of hydrogen-bond acceptors (Lipinski definition) is 3. The number of carbonyl (C=O) groups excluding carboxylic acids is 1. The Morgan fingerprint density at radius 2 is 1.94 bits per heavy atom. The molecule has 0 aliphatic rings. The molecule has 0 radical (unpaired) electrons. The largest absolute Gasteiger partial charge is 0.383 e. The van der Waals surface area contributed by atoms with Gasteiger partial charge in [0, 0.05) is 38.5 Å². The van der Waals surface area contributed by atoms with Gasteiger partial charge >= 0.3 is 0 Å². The van der Waals surface area contributed by atoms with Crippen molar-refractivity contribution in [3.8, 4) is 0 Å². The lowest BCUT2D eigenvalue weighted by Crippen LogP contribution is -2.22. The van der Waals surface area contributed by atoms with Gasteiger partial charge in [0.15, 0.2) is 0 Å². The van der Waals surface area contributed by atoms with E-state index in [-0.39, 0.29) is 11.9 Å².